The van der Waals surface area contributed by atoms with Crippen LogP contribution in [-0.2, 0) is 19.8 Å². The number of nitrogens with one attached hydrogen (secondary N) is 1. The van der Waals surface area contributed by atoms with Crippen molar-refractivity contribution in [3.8, 4) is 0 Å². The molecule has 0 spiro atoms. The first-order chi connectivity index (χ1) is 10.6. The Morgan fingerprint density at radius 2 is 1.78 bits per heavy atom. The lowest BCUT2D eigenvalue weighted by atomic mass is 9.71. The fourth-order valence-corrected chi connectivity index (χ4v) is 2.77. The van der Waals surface area contributed by atoms with Crippen LogP contribution in [0.1, 0.15) is 31.9 Å². The van der Waals surface area contributed by atoms with E-state index in [1.807, 2.05) is 0 Å². The van der Waals surface area contributed by atoms with Gasteiger partial charge in [0.05, 0.1) is 22.0 Å². The molecule has 1 aliphatic carbocycles. The third kappa shape index (κ3) is 2.99. The maximum Gasteiger partial charge on any atom is 0.259 e. The van der Waals surface area contributed by atoms with Crippen LogP contribution in [0.4, 0.5) is 0 Å². The standard InChI is InChI=1S/C16H15Cl2NO4/c1-7(20)6-19-15(23)12-13(21)8-4-10(17)11(18)5-9(8)16(2,3)14(12)22/h4-5,21H,6H2,1-3H3,(H,19,23). The van der Waals surface area contributed by atoms with E-state index in [1.165, 1.54) is 19.1 Å². The topological polar surface area (TPSA) is 83.5 Å². The number of rotatable bonds is 3. The van der Waals surface area contributed by atoms with Crippen LogP contribution in [0.5, 0.6) is 0 Å². The van der Waals surface area contributed by atoms with Gasteiger partial charge in [-0.05, 0) is 38.5 Å². The Morgan fingerprint density at radius 3 is 2.35 bits per heavy atom. The Morgan fingerprint density at radius 1 is 1.22 bits per heavy atom. The highest BCUT2D eigenvalue weighted by Gasteiger charge is 2.43. The number of carbonyl (C=O) groups is 3. The van der Waals surface area contributed by atoms with Crippen LogP contribution in [0.3, 0.4) is 0 Å². The zero-order valence-electron chi connectivity index (χ0n) is 12.8. The van der Waals surface area contributed by atoms with Gasteiger partial charge in [-0.3, -0.25) is 14.4 Å². The van der Waals surface area contributed by atoms with E-state index in [-0.39, 0.29) is 33.5 Å². The van der Waals surface area contributed by atoms with E-state index in [0.29, 0.717) is 5.56 Å². The molecule has 0 fully saturated rings. The highest BCUT2D eigenvalue weighted by atomic mass is 35.5. The van der Waals surface area contributed by atoms with Crippen LogP contribution < -0.4 is 5.32 Å². The molecule has 23 heavy (non-hydrogen) atoms. The number of fused-ring (bicyclic) bond motifs is 1. The Bertz CT molecular complexity index is 766. The van der Waals surface area contributed by atoms with Crippen LogP contribution in [0.15, 0.2) is 17.7 Å². The van der Waals surface area contributed by atoms with Gasteiger partial charge >= 0.3 is 0 Å². The van der Waals surface area contributed by atoms with E-state index in [0.717, 1.165) is 0 Å². The van der Waals surface area contributed by atoms with E-state index >= 15 is 0 Å². The summed E-state index contributed by atoms with van der Waals surface area (Å²) in [5.41, 5.74) is -0.699. The summed E-state index contributed by atoms with van der Waals surface area (Å²) < 4.78 is 0. The van der Waals surface area contributed by atoms with Gasteiger partial charge < -0.3 is 10.4 Å². The van der Waals surface area contributed by atoms with Gasteiger partial charge in [0.25, 0.3) is 5.91 Å². The number of benzene rings is 1. The summed E-state index contributed by atoms with van der Waals surface area (Å²) >= 11 is 12.0. The number of aliphatic hydroxyl groups is 1. The van der Waals surface area contributed by atoms with Gasteiger partial charge in [-0.1, -0.05) is 23.2 Å². The number of amides is 1. The lowest BCUT2D eigenvalue weighted by Gasteiger charge is -2.32. The number of ketones is 2. The van der Waals surface area contributed by atoms with Gasteiger partial charge in [0.1, 0.15) is 17.1 Å². The quantitative estimate of drug-likeness (QED) is 0.816. The molecule has 1 aromatic carbocycles. The van der Waals surface area contributed by atoms with E-state index in [9.17, 15) is 19.5 Å². The molecule has 2 N–H and O–H groups in total. The molecule has 0 saturated heterocycles. The van der Waals surface area contributed by atoms with Crippen molar-refractivity contribution in [3.05, 3.63) is 38.9 Å². The van der Waals surface area contributed by atoms with Gasteiger partial charge in [0.15, 0.2) is 5.78 Å². The highest BCUT2D eigenvalue weighted by Crippen LogP contribution is 2.42. The van der Waals surface area contributed by atoms with E-state index in [4.69, 9.17) is 23.2 Å². The second-order valence-corrected chi connectivity index (χ2v) is 6.69. The Hall–Kier alpha value is -1.85. The second kappa shape index (κ2) is 5.98. The zero-order valence-corrected chi connectivity index (χ0v) is 14.3. The van der Waals surface area contributed by atoms with Crippen molar-refractivity contribution in [2.75, 3.05) is 6.54 Å². The van der Waals surface area contributed by atoms with Crippen LogP contribution >= 0.6 is 23.2 Å². The number of hydrogen-bond acceptors (Lipinski definition) is 4. The summed E-state index contributed by atoms with van der Waals surface area (Å²) in [6, 6.07) is 2.93. The SMILES string of the molecule is CC(=O)CNC(=O)C1=C(O)c2cc(Cl)c(Cl)cc2C(C)(C)C1=O. The molecule has 1 aliphatic rings. The van der Waals surface area contributed by atoms with E-state index < -0.39 is 22.9 Å². The summed E-state index contributed by atoms with van der Waals surface area (Å²) in [6.07, 6.45) is 0. The normalized spacial score (nSPS) is 16.1. The minimum atomic E-state index is -1.07. The molecule has 0 atom stereocenters. The average Bonchev–Trinajstić information content (AvgIpc) is 2.45. The molecule has 0 saturated carbocycles. The van der Waals surface area contributed by atoms with Gasteiger partial charge in [-0.15, -0.1) is 0 Å². The molecule has 0 aliphatic heterocycles. The van der Waals surface area contributed by atoms with Gasteiger partial charge in [-0.25, -0.2) is 0 Å². The van der Waals surface area contributed by atoms with Crippen molar-refractivity contribution < 1.29 is 19.5 Å². The summed E-state index contributed by atoms with van der Waals surface area (Å²) in [7, 11) is 0. The predicted molar refractivity (Wildman–Crippen MR) is 87.7 cm³/mol. The molecular formula is C16H15Cl2NO4. The largest absolute Gasteiger partial charge is 0.506 e. The van der Waals surface area contributed by atoms with Gasteiger partial charge in [0, 0.05) is 5.56 Å². The first-order valence-electron chi connectivity index (χ1n) is 6.83. The average molecular weight is 356 g/mol. The molecule has 0 radical (unpaired) electrons. The van der Waals surface area contributed by atoms with Crippen molar-refractivity contribution in [1.82, 2.24) is 5.32 Å². The Balaban J connectivity index is 2.62. The summed E-state index contributed by atoms with van der Waals surface area (Å²) in [5, 5.41) is 13.2. The summed E-state index contributed by atoms with van der Waals surface area (Å²) in [6.45, 7) is 4.34. The van der Waals surface area contributed by atoms with Crippen LogP contribution in [0.2, 0.25) is 10.0 Å². The molecule has 5 nitrogen and oxygen atoms in total. The Kier molecular flexibility index (Phi) is 4.55. The molecule has 0 unspecified atom stereocenters. The molecule has 122 valence electrons. The lowest BCUT2D eigenvalue weighted by molar-refractivity contribution is -0.126. The number of hydrogen-bond donors (Lipinski definition) is 2. The fraction of sp³-hybridized carbons (Fsp3) is 0.312. The monoisotopic (exact) mass is 355 g/mol. The molecule has 2 rings (SSSR count). The third-order valence-electron chi connectivity index (χ3n) is 3.75. The van der Waals surface area contributed by atoms with Crippen molar-refractivity contribution in [3.63, 3.8) is 0 Å². The Labute approximate surface area is 143 Å². The number of Topliss-reactive ketones (excluding diaryl/α,β-unsaturated/α-hetero) is 2. The van der Waals surface area contributed by atoms with E-state index in [2.05, 4.69) is 5.32 Å². The van der Waals surface area contributed by atoms with E-state index in [1.54, 1.807) is 13.8 Å². The summed E-state index contributed by atoms with van der Waals surface area (Å²) in [4.78, 5) is 35.9. The van der Waals surface area contributed by atoms with Crippen LogP contribution in [-0.4, -0.2) is 29.1 Å². The first kappa shape index (κ1) is 17.5. The van der Waals surface area contributed by atoms with Crippen LogP contribution in [0.25, 0.3) is 5.76 Å². The molecule has 0 bridgehead atoms. The molecule has 0 aromatic heterocycles. The van der Waals surface area contributed by atoms with Gasteiger partial charge in [-0.2, -0.15) is 0 Å². The maximum absolute atomic E-state index is 12.7. The van der Waals surface area contributed by atoms with Crippen molar-refractivity contribution in [2.45, 2.75) is 26.2 Å². The minimum absolute atomic E-state index is 0.200. The predicted octanol–water partition coefficient (Wildman–Crippen LogP) is 2.83. The third-order valence-corrected chi connectivity index (χ3v) is 4.47. The smallest absolute Gasteiger partial charge is 0.259 e. The number of halogens is 2. The second-order valence-electron chi connectivity index (χ2n) is 5.87. The van der Waals surface area contributed by atoms with Crippen molar-refractivity contribution in [1.29, 1.82) is 0 Å². The first-order valence-corrected chi connectivity index (χ1v) is 7.58. The molecule has 7 heteroatoms. The highest BCUT2D eigenvalue weighted by molar-refractivity contribution is 6.42. The molecule has 0 heterocycles. The number of carbonyl (C=O) groups excluding carboxylic acids is 3. The number of aliphatic hydroxyl groups excluding tert-OH is 1. The summed E-state index contributed by atoms with van der Waals surface area (Å²) in [5.74, 6) is -2.09. The minimum Gasteiger partial charge on any atom is -0.506 e. The zero-order chi connectivity index (χ0) is 17.5. The van der Waals surface area contributed by atoms with Crippen molar-refractivity contribution in [2.24, 2.45) is 0 Å². The lowest BCUT2D eigenvalue weighted by Crippen LogP contribution is -2.42. The van der Waals surface area contributed by atoms with Gasteiger partial charge in [0.2, 0.25) is 0 Å². The fourth-order valence-electron chi connectivity index (χ4n) is 2.44. The maximum atomic E-state index is 12.7. The molecule has 1 aromatic rings. The van der Waals surface area contributed by atoms with Crippen LogP contribution in [0, 0.1) is 0 Å². The molecule has 1 amide bonds. The molecular weight excluding hydrogens is 341 g/mol. The van der Waals surface area contributed by atoms with Crippen molar-refractivity contribution >= 4 is 46.4 Å².